The van der Waals surface area contributed by atoms with Gasteiger partial charge in [-0.1, -0.05) is 53.7 Å². The van der Waals surface area contributed by atoms with Gasteiger partial charge in [0.25, 0.3) is 0 Å². The van der Waals surface area contributed by atoms with Crippen molar-refractivity contribution < 1.29 is 15.0 Å². The number of para-hydroxylation sites is 1. The zero-order chi connectivity index (χ0) is 25.7. The Morgan fingerprint density at radius 1 is 1.08 bits per heavy atom. The number of benzene rings is 1. The molecule has 0 bridgehead atoms. The van der Waals surface area contributed by atoms with Crippen LogP contribution in [0.15, 0.2) is 24.3 Å². The van der Waals surface area contributed by atoms with E-state index in [0.29, 0.717) is 41.8 Å². The molecule has 196 valence electrons. The van der Waals surface area contributed by atoms with Crippen molar-refractivity contribution in [1.29, 1.82) is 0 Å². The number of carbonyl (C=O) groups is 1. The maximum atomic E-state index is 12.5. The van der Waals surface area contributed by atoms with Gasteiger partial charge in [-0.15, -0.1) is 0 Å². The Labute approximate surface area is 216 Å². The highest BCUT2D eigenvalue weighted by molar-refractivity contribution is 5.79. The number of ketones is 1. The first-order valence-electron chi connectivity index (χ1n) is 14.5. The predicted octanol–water partition coefficient (Wildman–Crippen LogP) is 5.71. The minimum Gasteiger partial charge on any atom is -0.393 e. The molecule has 0 radical (unpaired) electrons. The van der Waals surface area contributed by atoms with Gasteiger partial charge in [-0.05, 0) is 94.9 Å². The number of aromatic nitrogens is 3. The largest absolute Gasteiger partial charge is 0.393 e. The van der Waals surface area contributed by atoms with Crippen LogP contribution in [0.1, 0.15) is 86.5 Å². The van der Waals surface area contributed by atoms with E-state index in [1.54, 1.807) is 0 Å². The van der Waals surface area contributed by atoms with E-state index in [1.165, 1.54) is 12.8 Å². The SMILES string of the molecule is CC1CC2C3CCC(C)(Cn4nc5ccccc5[nH+]4)[C@H](C)[C@@]3(C)C[C@H](O)C2(C)[C@@]2(C)CCC(=O)CC12. The molecule has 4 aliphatic rings. The summed E-state index contributed by atoms with van der Waals surface area (Å²) in [6.45, 7) is 15.5. The Hall–Kier alpha value is -1.75. The summed E-state index contributed by atoms with van der Waals surface area (Å²) in [7, 11) is 0. The Bertz CT molecular complexity index is 1160. The van der Waals surface area contributed by atoms with Crippen molar-refractivity contribution in [3.8, 4) is 0 Å². The van der Waals surface area contributed by atoms with Crippen molar-refractivity contribution in [3.63, 3.8) is 0 Å². The van der Waals surface area contributed by atoms with Crippen molar-refractivity contribution in [1.82, 2.24) is 9.90 Å². The van der Waals surface area contributed by atoms with Crippen LogP contribution < -0.4 is 5.10 Å². The summed E-state index contributed by atoms with van der Waals surface area (Å²) in [4.78, 5) is 14.5. The zero-order valence-corrected chi connectivity index (χ0v) is 23.2. The monoisotopic (exact) mass is 492 g/mol. The third kappa shape index (κ3) is 3.13. The zero-order valence-electron chi connectivity index (χ0n) is 23.2. The molecule has 2 aromatic rings. The van der Waals surface area contributed by atoms with Crippen molar-refractivity contribution in [3.05, 3.63) is 24.3 Å². The maximum Gasteiger partial charge on any atom is 0.248 e. The standard InChI is InChI=1S/C31H45N3O2/c1-19-15-24-22-12-13-28(3,18-34-32-25-9-7-8-10-26(25)33-34)20(2)29(22,4)17-27(36)31(24,6)30(5)14-11-21(35)16-23(19)30/h7-10,19-20,22-24,27,36H,11-18H2,1-6H3/p+1/t19?,20-,22?,23?,24?,27-,28?,29+,30-,31?/m0/s1. The van der Waals surface area contributed by atoms with Crippen LogP contribution in [0.2, 0.25) is 0 Å². The first kappa shape index (κ1) is 24.6. The third-order valence-corrected chi connectivity index (χ3v) is 13.1. The number of rotatable bonds is 2. The second-order valence-electron chi connectivity index (χ2n) is 14.4. The van der Waals surface area contributed by atoms with Gasteiger partial charge >= 0.3 is 0 Å². The van der Waals surface area contributed by atoms with Gasteiger partial charge in [0.1, 0.15) is 12.3 Å². The number of hydrogen-bond acceptors (Lipinski definition) is 3. The second-order valence-corrected chi connectivity index (χ2v) is 14.4. The number of aliphatic hydroxyl groups is 1. The summed E-state index contributed by atoms with van der Waals surface area (Å²) < 4.78 is 0. The van der Waals surface area contributed by atoms with E-state index in [9.17, 15) is 9.90 Å². The van der Waals surface area contributed by atoms with Crippen molar-refractivity contribution in [2.75, 3.05) is 0 Å². The van der Waals surface area contributed by atoms with Gasteiger partial charge in [-0.25, -0.2) is 0 Å². The summed E-state index contributed by atoms with van der Waals surface area (Å²) in [6.07, 6.45) is 6.48. The molecule has 0 aliphatic heterocycles. The number of H-pyrrole nitrogens is 1. The first-order valence-corrected chi connectivity index (χ1v) is 14.5. The third-order valence-electron chi connectivity index (χ3n) is 13.1. The second kappa shape index (κ2) is 7.88. The lowest BCUT2D eigenvalue weighted by Gasteiger charge is -2.72. The molecule has 4 saturated carbocycles. The number of fused-ring (bicyclic) bond motifs is 6. The van der Waals surface area contributed by atoms with Gasteiger partial charge in [0, 0.05) is 23.4 Å². The molecule has 5 nitrogen and oxygen atoms in total. The van der Waals surface area contributed by atoms with Crippen LogP contribution in [0.25, 0.3) is 11.0 Å². The van der Waals surface area contributed by atoms with Gasteiger partial charge < -0.3 is 5.11 Å². The normalized spacial score (nSPS) is 48.8. The molecule has 1 heterocycles. The number of aromatic amines is 1. The molecule has 4 fully saturated rings. The number of nitrogens with one attached hydrogen (secondary N) is 1. The van der Waals surface area contributed by atoms with Crippen LogP contribution in [0.3, 0.4) is 0 Å². The fraction of sp³-hybridized carbons (Fsp3) is 0.774. The van der Waals surface area contributed by atoms with E-state index in [0.717, 1.165) is 43.3 Å². The minimum atomic E-state index is -0.319. The number of Topliss-reactive ketones (excluding diaryl/α,β-unsaturated/α-hetero) is 1. The summed E-state index contributed by atoms with van der Waals surface area (Å²) in [5.74, 6) is 2.99. The van der Waals surface area contributed by atoms with E-state index in [4.69, 9.17) is 5.10 Å². The lowest BCUT2D eigenvalue weighted by Crippen LogP contribution is -2.69. The van der Waals surface area contributed by atoms with E-state index >= 15 is 0 Å². The Kier molecular flexibility index (Phi) is 5.38. The van der Waals surface area contributed by atoms with Gasteiger partial charge in [0.05, 0.1) is 6.10 Å². The summed E-state index contributed by atoms with van der Waals surface area (Å²) >= 11 is 0. The highest BCUT2D eigenvalue weighted by Gasteiger charge is 2.70. The molecule has 10 atom stereocenters. The van der Waals surface area contributed by atoms with Crippen LogP contribution in [0.4, 0.5) is 0 Å². The number of carbonyl (C=O) groups excluding carboxylic acids is 1. The number of nitrogens with zero attached hydrogens (tertiary/aromatic N) is 2. The number of aliphatic hydroxyl groups excluding tert-OH is 1. The molecule has 6 unspecified atom stereocenters. The first-order chi connectivity index (χ1) is 16.9. The lowest BCUT2D eigenvalue weighted by molar-refractivity contribution is -0.476. The highest BCUT2D eigenvalue weighted by Crippen LogP contribution is 2.73. The van der Waals surface area contributed by atoms with Gasteiger partial charge in [-0.3, -0.25) is 4.79 Å². The molecule has 6 rings (SSSR count). The van der Waals surface area contributed by atoms with E-state index < -0.39 is 0 Å². The minimum absolute atomic E-state index is 0.0398. The topological polar surface area (TPSA) is 69.3 Å². The summed E-state index contributed by atoms with van der Waals surface area (Å²) in [5.41, 5.74) is 2.23. The molecule has 5 heteroatoms. The quantitative estimate of drug-likeness (QED) is 0.584. The smallest absolute Gasteiger partial charge is 0.248 e. The van der Waals surface area contributed by atoms with Gasteiger partial charge in [0.15, 0.2) is 5.52 Å². The fourth-order valence-electron chi connectivity index (χ4n) is 10.4. The van der Waals surface area contributed by atoms with Crippen molar-refractivity contribution >= 4 is 16.8 Å². The van der Waals surface area contributed by atoms with Crippen LogP contribution >= 0.6 is 0 Å². The summed E-state index contributed by atoms with van der Waals surface area (Å²) in [6, 6.07) is 8.27. The number of hydrogen-bond donors (Lipinski definition) is 1. The fourth-order valence-corrected chi connectivity index (χ4v) is 10.4. The molecule has 0 saturated heterocycles. The predicted molar refractivity (Wildman–Crippen MR) is 141 cm³/mol. The van der Waals surface area contributed by atoms with E-state index in [1.807, 2.05) is 6.07 Å². The van der Waals surface area contributed by atoms with E-state index in [2.05, 4.69) is 69.6 Å². The Morgan fingerprint density at radius 2 is 1.83 bits per heavy atom. The molecule has 0 spiro atoms. The van der Waals surface area contributed by atoms with Crippen LogP contribution in [-0.4, -0.2) is 26.9 Å². The molecular weight excluding hydrogens is 446 g/mol. The van der Waals surface area contributed by atoms with Gasteiger partial charge in [-0.2, -0.15) is 5.10 Å². The molecule has 1 aromatic carbocycles. The average Bonchev–Trinajstić information content (AvgIpc) is 3.23. The molecule has 1 aromatic heterocycles. The van der Waals surface area contributed by atoms with Crippen LogP contribution in [0, 0.1) is 51.2 Å². The Balaban J connectivity index is 1.33. The molecule has 36 heavy (non-hydrogen) atoms. The molecule has 2 N–H and O–H groups in total. The lowest BCUT2D eigenvalue weighted by atomic mass is 9.33. The van der Waals surface area contributed by atoms with Crippen molar-refractivity contribution in [2.24, 2.45) is 51.2 Å². The molecule has 4 aliphatic carbocycles. The highest BCUT2D eigenvalue weighted by atomic mass is 16.3. The van der Waals surface area contributed by atoms with Gasteiger partial charge in [0.2, 0.25) is 5.52 Å². The molecular formula is C31H46N3O2+. The van der Waals surface area contributed by atoms with E-state index in [-0.39, 0.29) is 27.8 Å². The summed E-state index contributed by atoms with van der Waals surface area (Å²) in [5, 5.41) is 20.5. The van der Waals surface area contributed by atoms with Crippen molar-refractivity contribution in [2.45, 2.75) is 99.1 Å². The molecule has 0 amide bonds. The van der Waals surface area contributed by atoms with Crippen LogP contribution in [0.5, 0.6) is 0 Å². The van der Waals surface area contributed by atoms with Crippen LogP contribution in [-0.2, 0) is 11.3 Å². The Morgan fingerprint density at radius 3 is 2.58 bits per heavy atom. The average molecular weight is 493 g/mol. The maximum absolute atomic E-state index is 12.5.